The molecule has 0 radical (unpaired) electrons. The summed E-state index contributed by atoms with van der Waals surface area (Å²) in [5.74, 6) is 1.52. The summed E-state index contributed by atoms with van der Waals surface area (Å²) in [6.07, 6.45) is 0.326. The zero-order valence-electron chi connectivity index (χ0n) is 11.9. The Labute approximate surface area is 124 Å². The molecule has 1 aromatic carbocycles. The molecule has 1 atom stereocenters. The molecule has 0 aliphatic heterocycles. The first kappa shape index (κ1) is 16.5. The Morgan fingerprint density at radius 3 is 2.68 bits per heavy atom. The average molecular weight is 330 g/mol. The Bertz CT molecular complexity index is 380. The third-order valence-corrected chi connectivity index (χ3v) is 3.18. The van der Waals surface area contributed by atoms with Crippen molar-refractivity contribution in [1.29, 1.82) is 0 Å². The molecule has 4 heteroatoms. The summed E-state index contributed by atoms with van der Waals surface area (Å²) >= 11 is 3.49. The van der Waals surface area contributed by atoms with E-state index in [1.54, 1.807) is 6.92 Å². The maximum absolute atomic E-state index is 9.25. The van der Waals surface area contributed by atoms with Gasteiger partial charge in [0.2, 0.25) is 0 Å². The van der Waals surface area contributed by atoms with Crippen molar-refractivity contribution in [2.45, 2.75) is 39.8 Å². The molecule has 1 rings (SSSR count). The Hall–Kier alpha value is -0.580. The second-order valence-electron chi connectivity index (χ2n) is 5.26. The Kier molecular flexibility index (Phi) is 7.42. The van der Waals surface area contributed by atoms with Crippen LogP contribution in [0.15, 0.2) is 22.7 Å². The van der Waals surface area contributed by atoms with Crippen LogP contribution in [0.25, 0.3) is 0 Å². The number of rotatable bonds is 8. The van der Waals surface area contributed by atoms with Gasteiger partial charge in [-0.2, -0.15) is 0 Å². The fourth-order valence-electron chi connectivity index (χ4n) is 1.66. The Morgan fingerprint density at radius 2 is 2.05 bits per heavy atom. The van der Waals surface area contributed by atoms with Crippen molar-refractivity contribution < 1.29 is 9.84 Å². The SMILES string of the molecule is CC(C)CNCc1cc(Br)ccc1OCCC(C)O. The van der Waals surface area contributed by atoms with Gasteiger partial charge in [0, 0.05) is 23.0 Å². The lowest BCUT2D eigenvalue weighted by molar-refractivity contribution is 0.155. The molecule has 1 aromatic rings. The molecule has 0 aliphatic carbocycles. The number of hydrogen-bond acceptors (Lipinski definition) is 3. The molecule has 1 unspecified atom stereocenters. The summed E-state index contributed by atoms with van der Waals surface area (Å²) in [5, 5.41) is 12.7. The van der Waals surface area contributed by atoms with Crippen LogP contribution in [0.4, 0.5) is 0 Å². The van der Waals surface area contributed by atoms with E-state index in [9.17, 15) is 5.11 Å². The van der Waals surface area contributed by atoms with E-state index in [1.807, 2.05) is 12.1 Å². The van der Waals surface area contributed by atoms with Gasteiger partial charge in [0.15, 0.2) is 0 Å². The maximum atomic E-state index is 9.25. The van der Waals surface area contributed by atoms with Crippen molar-refractivity contribution in [2.24, 2.45) is 5.92 Å². The highest BCUT2D eigenvalue weighted by atomic mass is 79.9. The molecular formula is C15H24BrNO2. The van der Waals surface area contributed by atoms with Crippen LogP contribution in [-0.4, -0.2) is 24.4 Å². The maximum Gasteiger partial charge on any atom is 0.123 e. The highest BCUT2D eigenvalue weighted by Gasteiger charge is 2.06. The quantitative estimate of drug-likeness (QED) is 0.768. The summed E-state index contributed by atoms with van der Waals surface area (Å²) in [7, 11) is 0. The first-order valence-electron chi connectivity index (χ1n) is 6.79. The van der Waals surface area contributed by atoms with E-state index in [4.69, 9.17) is 4.74 Å². The van der Waals surface area contributed by atoms with Crippen molar-refractivity contribution in [2.75, 3.05) is 13.2 Å². The van der Waals surface area contributed by atoms with Crippen LogP contribution < -0.4 is 10.1 Å². The van der Waals surface area contributed by atoms with E-state index in [-0.39, 0.29) is 6.10 Å². The topological polar surface area (TPSA) is 41.5 Å². The summed E-state index contributed by atoms with van der Waals surface area (Å²) < 4.78 is 6.79. The van der Waals surface area contributed by atoms with Gasteiger partial charge in [-0.25, -0.2) is 0 Å². The van der Waals surface area contributed by atoms with E-state index < -0.39 is 0 Å². The van der Waals surface area contributed by atoms with Crippen LogP contribution in [0.2, 0.25) is 0 Å². The van der Waals surface area contributed by atoms with Crippen LogP contribution in [-0.2, 0) is 6.54 Å². The molecule has 0 fully saturated rings. The normalized spacial score (nSPS) is 12.7. The number of ether oxygens (including phenoxy) is 1. The van der Waals surface area contributed by atoms with Gasteiger partial charge < -0.3 is 15.2 Å². The number of aliphatic hydroxyl groups is 1. The van der Waals surface area contributed by atoms with Gasteiger partial charge in [0.1, 0.15) is 5.75 Å². The zero-order valence-corrected chi connectivity index (χ0v) is 13.5. The first-order chi connectivity index (χ1) is 8.99. The van der Waals surface area contributed by atoms with Crippen LogP contribution in [0, 0.1) is 5.92 Å². The van der Waals surface area contributed by atoms with E-state index in [0.717, 1.165) is 28.9 Å². The van der Waals surface area contributed by atoms with E-state index in [2.05, 4.69) is 41.2 Å². The average Bonchev–Trinajstić information content (AvgIpc) is 2.31. The predicted octanol–water partition coefficient (Wildman–Crippen LogP) is 3.34. The van der Waals surface area contributed by atoms with E-state index >= 15 is 0 Å². The molecule has 0 aromatic heterocycles. The van der Waals surface area contributed by atoms with Gasteiger partial charge in [0.25, 0.3) is 0 Å². The minimum Gasteiger partial charge on any atom is -0.493 e. The van der Waals surface area contributed by atoms with Crippen LogP contribution in [0.3, 0.4) is 0 Å². The largest absolute Gasteiger partial charge is 0.493 e. The number of halogens is 1. The van der Waals surface area contributed by atoms with Crippen molar-refractivity contribution in [3.8, 4) is 5.75 Å². The van der Waals surface area contributed by atoms with Gasteiger partial charge >= 0.3 is 0 Å². The van der Waals surface area contributed by atoms with E-state index in [0.29, 0.717) is 18.9 Å². The zero-order chi connectivity index (χ0) is 14.3. The van der Waals surface area contributed by atoms with Gasteiger partial charge in [-0.1, -0.05) is 29.8 Å². The minimum atomic E-state index is -0.321. The van der Waals surface area contributed by atoms with Gasteiger partial charge in [-0.05, 0) is 37.6 Å². The summed E-state index contributed by atoms with van der Waals surface area (Å²) in [6.45, 7) is 8.47. The van der Waals surface area contributed by atoms with Gasteiger partial charge in [-0.3, -0.25) is 0 Å². The summed E-state index contributed by atoms with van der Waals surface area (Å²) in [5.41, 5.74) is 1.14. The number of nitrogens with one attached hydrogen (secondary N) is 1. The van der Waals surface area contributed by atoms with Crippen molar-refractivity contribution in [3.05, 3.63) is 28.2 Å². The number of aliphatic hydroxyl groups excluding tert-OH is 1. The van der Waals surface area contributed by atoms with Crippen molar-refractivity contribution in [1.82, 2.24) is 5.32 Å². The molecule has 19 heavy (non-hydrogen) atoms. The highest BCUT2D eigenvalue weighted by molar-refractivity contribution is 9.10. The molecule has 0 saturated carbocycles. The molecular weight excluding hydrogens is 306 g/mol. The van der Waals surface area contributed by atoms with Crippen molar-refractivity contribution >= 4 is 15.9 Å². The lowest BCUT2D eigenvalue weighted by atomic mass is 10.2. The molecule has 0 saturated heterocycles. The molecule has 0 spiro atoms. The smallest absolute Gasteiger partial charge is 0.123 e. The highest BCUT2D eigenvalue weighted by Crippen LogP contribution is 2.23. The van der Waals surface area contributed by atoms with Crippen molar-refractivity contribution in [3.63, 3.8) is 0 Å². The van der Waals surface area contributed by atoms with Crippen LogP contribution in [0.1, 0.15) is 32.8 Å². The second kappa shape index (κ2) is 8.56. The minimum absolute atomic E-state index is 0.321. The summed E-state index contributed by atoms with van der Waals surface area (Å²) in [4.78, 5) is 0. The predicted molar refractivity (Wildman–Crippen MR) is 82.5 cm³/mol. The fourth-order valence-corrected chi connectivity index (χ4v) is 2.07. The first-order valence-corrected chi connectivity index (χ1v) is 7.58. The van der Waals surface area contributed by atoms with E-state index in [1.165, 1.54) is 0 Å². The second-order valence-corrected chi connectivity index (χ2v) is 6.18. The third kappa shape index (κ3) is 6.95. The lowest BCUT2D eigenvalue weighted by Gasteiger charge is -2.14. The molecule has 2 N–H and O–H groups in total. The molecule has 0 heterocycles. The standard InChI is InChI=1S/C15H24BrNO2/c1-11(2)9-17-10-13-8-14(16)4-5-15(13)19-7-6-12(3)18/h4-5,8,11-12,17-18H,6-7,9-10H2,1-3H3. The van der Waals surface area contributed by atoms with Gasteiger partial charge in [-0.15, -0.1) is 0 Å². The molecule has 0 bridgehead atoms. The number of hydrogen-bond donors (Lipinski definition) is 2. The number of benzene rings is 1. The van der Waals surface area contributed by atoms with Crippen LogP contribution in [0.5, 0.6) is 5.75 Å². The molecule has 3 nitrogen and oxygen atoms in total. The summed E-state index contributed by atoms with van der Waals surface area (Å²) in [6, 6.07) is 6.02. The third-order valence-electron chi connectivity index (χ3n) is 2.68. The monoisotopic (exact) mass is 329 g/mol. The lowest BCUT2D eigenvalue weighted by Crippen LogP contribution is -2.19. The Morgan fingerprint density at radius 1 is 1.32 bits per heavy atom. The fraction of sp³-hybridized carbons (Fsp3) is 0.600. The molecule has 108 valence electrons. The molecule has 0 amide bonds. The van der Waals surface area contributed by atoms with Gasteiger partial charge in [0.05, 0.1) is 12.7 Å². The molecule has 0 aliphatic rings. The van der Waals surface area contributed by atoms with Crippen LogP contribution >= 0.6 is 15.9 Å². The Balaban J connectivity index is 2.58.